The van der Waals surface area contributed by atoms with Crippen LogP contribution in [0, 0.1) is 0 Å². The van der Waals surface area contributed by atoms with Gasteiger partial charge in [0, 0.05) is 34.6 Å². The van der Waals surface area contributed by atoms with Gasteiger partial charge in [0.1, 0.15) is 17.0 Å². The van der Waals surface area contributed by atoms with Gasteiger partial charge in [0.05, 0.1) is 27.5 Å². The summed E-state index contributed by atoms with van der Waals surface area (Å²) in [5, 5.41) is 9.21. The molecule has 0 aliphatic heterocycles. The number of benzene rings is 2. The van der Waals surface area contributed by atoms with Crippen LogP contribution in [0.3, 0.4) is 0 Å². The summed E-state index contributed by atoms with van der Waals surface area (Å²) in [5.74, 6) is -0.464. The molecule has 0 unspecified atom stereocenters. The van der Waals surface area contributed by atoms with Crippen LogP contribution < -0.4 is 16.1 Å². The minimum absolute atomic E-state index is 0.175. The average molecular weight is 603 g/mol. The molecule has 9 heteroatoms. The third kappa shape index (κ3) is 6.20. The molecule has 0 radical (unpaired) electrons. The van der Waals surface area contributed by atoms with Crippen LogP contribution in [0.2, 0.25) is 0 Å². The van der Waals surface area contributed by atoms with E-state index in [1.54, 1.807) is 18.2 Å². The Kier molecular flexibility index (Phi) is 8.96. The first-order valence-electron chi connectivity index (χ1n) is 16.0. The molecule has 2 amide bonds. The smallest absolute Gasteiger partial charge is 0.269 e. The summed E-state index contributed by atoms with van der Waals surface area (Å²) in [7, 11) is 0. The van der Waals surface area contributed by atoms with E-state index in [9.17, 15) is 14.4 Å². The highest BCUT2D eigenvalue weighted by Gasteiger charge is 2.16. The van der Waals surface area contributed by atoms with Crippen molar-refractivity contribution in [3.05, 3.63) is 76.2 Å². The molecule has 2 aromatic carbocycles. The van der Waals surface area contributed by atoms with Gasteiger partial charge in [0.2, 0.25) is 0 Å². The fraction of sp³-hybridized carbons (Fsp3) is 0.333. The number of hydrogen-bond acceptors (Lipinski definition) is 6. The molecule has 4 heterocycles. The summed E-state index contributed by atoms with van der Waals surface area (Å²) in [6.07, 6.45) is 8.78. The number of amides is 2. The van der Waals surface area contributed by atoms with Crippen LogP contribution in [0.4, 0.5) is 0 Å². The average Bonchev–Trinajstić information content (AvgIpc) is 3.06. The van der Waals surface area contributed by atoms with Crippen LogP contribution in [0.5, 0.6) is 0 Å². The monoisotopic (exact) mass is 602 g/mol. The molecule has 0 aliphatic carbocycles. The highest BCUT2D eigenvalue weighted by Crippen LogP contribution is 2.27. The van der Waals surface area contributed by atoms with Gasteiger partial charge >= 0.3 is 0 Å². The molecule has 45 heavy (non-hydrogen) atoms. The number of unbranched alkanes of at least 4 members (excludes halogenated alkanes) is 6. The van der Waals surface area contributed by atoms with Crippen LogP contribution in [0.25, 0.3) is 54.6 Å². The van der Waals surface area contributed by atoms with Crippen molar-refractivity contribution >= 4 is 66.5 Å². The van der Waals surface area contributed by atoms with E-state index in [4.69, 9.17) is 9.97 Å². The topological polar surface area (TPSA) is 130 Å². The Hall–Kier alpha value is -4.92. The van der Waals surface area contributed by atoms with E-state index in [-0.39, 0.29) is 22.9 Å². The lowest BCUT2D eigenvalue weighted by Crippen LogP contribution is -2.25. The first kappa shape index (κ1) is 30.1. The lowest BCUT2D eigenvalue weighted by atomic mass is 10.1. The summed E-state index contributed by atoms with van der Waals surface area (Å²) in [6.45, 7) is 5.46. The minimum Gasteiger partial charge on any atom is -0.351 e. The number of rotatable bonds is 12. The number of aromatic amines is 1. The van der Waals surface area contributed by atoms with Gasteiger partial charge < -0.3 is 15.6 Å². The number of carbonyl (C=O) groups excluding carboxylic acids is 2. The summed E-state index contributed by atoms with van der Waals surface area (Å²) in [6, 6.07) is 16.4. The number of H-pyrrole nitrogens is 1. The fourth-order valence-corrected chi connectivity index (χ4v) is 5.78. The molecule has 4 aromatic heterocycles. The zero-order chi connectivity index (χ0) is 31.3. The molecular formula is C36H38N6O3. The molecule has 0 aliphatic rings. The van der Waals surface area contributed by atoms with Gasteiger partial charge in [-0.2, -0.15) is 0 Å². The molecule has 3 N–H and O–H groups in total. The Morgan fingerprint density at radius 1 is 0.622 bits per heavy atom. The van der Waals surface area contributed by atoms with Crippen LogP contribution >= 0.6 is 0 Å². The molecule has 0 saturated carbocycles. The van der Waals surface area contributed by atoms with Crippen molar-refractivity contribution in [2.24, 2.45) is 0 Å². The molecule has 0 fully saturated rings. The second-order valence-corrected chi connectivity index (χ2v) is 11.6. The molecule has 0 bridgehead atoms. The second kappa shape index (κ2) is 13.4. The number of pyridine rings is 4. The zero-order valence-corrected chi connectivity index (χ0v) is 25.8. The van der Waals surface area contributed by atoms with Gasteiger partial charge in [0.25, 0.3) is 11.8 Å². The fourth-order valence-electron chi connectivity index (χ4n) is 5.78. The van der Waals surface area contributed by atoms with Crippen molar-refractivity contribution < 1.29 is 9.59 Å². The quantitative estimate of drug-likeness (QED) is 0.0790. The lowest BCUT2D eigenvalue weighted by Gasteiger charge is -2.10. The maximum absolute atomic E-state index is 13.7. The Morgan fingerprint density at radius 3 is 1.91 bits per heavy atom. The van der Waals surface area contributed by atoms with Crippen molar-refractivity contribution in [2.45, 2.75) is 65.2 Å². The second-order valence-electron chi connectivity index (χ2n) is 11.6. The van der Waals surface area contributed by atoms with E-state index in [1.165, 1.54) is 25.7 Å². The predicted molar refractivity (Wildman–Crippen MR) is 181 cm³/mol. The largest absolute Gasteiger partial charge is 0.351 e. The summed E-state index contributed by atoms with van der Waals surface area (Å²) >= 11 is 0. The van der Waals surface area contributed by atoms with Crippen molar-refractivity contribution in [3.8, 4) is 0 Å². The Labute approximate surface area is 260 Å². The van der Waals surface area contributed by atoms with E-state index in [0.717, 1.165) is 41.8 Å². The first-order valence-corrected chi connectivity index (χ1v) is 16.0. The Morgan fingerprint density at radius 2 is 1.18 bits per heavy atom. The SMILES string of the molecule is CCCCCCCCNC(=O)c1ccc2ccc3cc4c(=O)c5ccc6ccc(C(=O)NCCCC)nc6c5[nH]c4nc3c2n1. The standard InChI is InChI=1S/C36H38N6O3/c1-3-5-7-8-9-10-20-38-36(45)27-17-14-22-11-12-24-21-26-33(43)25-16-13-23-15-18-28(35(44)37-19-6-4-2)40-30(23)32(25)42-34(26)41-31(24)29(22)39-27/h11-18,21H,3-10,19-20H2,1-2H3,(H,37,44)(H,38,45)(H,41,42,43). The van der Waals surface area contributed by atoms with Gasteiger partial charge in [0.15, 0.2) is 5.43 Å². The number of fused-ring (bicyclic) bond motifs is 7. The first-order chi connectivity index (χ1) is 22.0. The Balaban J connectivity index is 1.38. The normalized spacial score (nSPS) is 11.6. The highest BCUT2D eigenvalue weighted by atomic mass is 16.2. The van der Waals surface area contributed by atoms with E-state index in [0.29, 0.717) is 57.3 Å². The lowest BCUT2D eigenvalue weighted by molar-refractivity contribution is 0.0940. The van der Waals surface area contributed by atoms with Gasteiger partial charge in [-0.1, -0.05) is 82.7 Å². The summed E-state index contributed by atoms with van der Waals surface area (Å²) < 4.78 is 0. The number of carbonyl (C=O) groups is 2. The third-order valence-corrected chi connectivity index (χ3v) is 8.34. The molecule has 230 valence electrons. The third-order valence-electron chi connectivity index (χ3n) is 8.34. The van der Waals surface area contributed by atoms with E-state index < -0.39 is 0 Å². The van der Waals surface area contributed by atoms with Gasteiger partial charge in [-0.25, -0.2) is 15.0 Å². The number of hydrogen-bond donors (Lipinski definition) is 3. The van der Waals surface area contributed by atoms with Crippen LogP contribution in [0.1, 0.15) is 86.2 Å². The zero-order valence-electron chi connectivity index (χ0n) is 25.8. The van der Waals surface area contributed by atoms with E-state index in [1.807, 2.05) is 36.4 Å². The molecular weight excluding hydrogens is 564 g/mol. The molecule has 6 aromatic rings. The van der Waals surface area contributed by atoms with E-state index >= 15 is 0 Å². The maximum atomic E-state index is 13.7. The molecule has 0 saturated heterocycles. The van der Waals surface area contributed by atoms with Crippen LogP contribution in [-0.4, -0.2) is 44.8 Å². The van der Waals surface area contributed by atoms with Crippen LogP contribution in [0.15, 0.2) is 59.4 Å². The van der Waals surface area contributed by atoms with Gasteiger partial charge in [-0.3, -0.25) is 14.4 Å². The van der Waals surface area contributed by atoms with Gasteiger partial charge in [-0.15, -0.1) is 0 Å². The van der Waals surface area contributed by atoms with Crippen molar-refractivity contribution in [1.82, 2.24) is 30.6 Å². The molecule has 0 atom stereocenters. The summed E-state index contributed by atoms with van der Waals surface area (Å²) in [5.41, 5.74) is 3.05. The molecule has 0 spiro atoms. The van der Waals surface area contributed by atoms with Crippen molar-refractivity contribution in [3.63, 3.8) is 0 Å². The molecule has 9 nitrogen and oxygen atoms in total. The predicted octanol–water partition coefficient (Wildman–Crippen LogP) is 6.95. The molecule has 6 rings (SSSR count). The summed E-state index contributed by atoms with van der Waals surface area (Å²) in [4.78, 5) is 57.1. The van der Waals surface area contributed by atoms with Gasteiger partial charge in [-0.05, 0) is 37.1 Å². The number of aromatic nitrogens is 4. The van der Waals surface area contributed by atoms with Crippen molar-refractivity contribution in [2.75, 3.05) is 13.1 Å². The van der Waals surface area contributed by atoms with E-state index in [2.05, 4.69) is 34.4 Å². The van der Waals surface area contributed by atoms with Crippen LogP contribution in [-0.2, 0) is 0 Å². The Bertz CT molecular complexity index is 2120. The number of nitrogens with one attached hydrogen (secondary N) is 3. The number of nitrogens with zero attached hydrogens (tertiary/aromatic N) is 3. The minimum atomic E-state index is -0.251. The van der Waals surface area contributed by atoms with Crippen molar-refractivity contribution in [1.29, 1.82) is 0 Å². The maximum Gasteiger partial charge on any atom is 0.269 e. The highest BCUT2D eigenvalue weighted by molar-refractivity contribution is 6.11.